The summed E-state index contributed by atoms with van der Waals surface area (Å²) in [6, 6.07) is 0. The molecule has 2 rings (SSSR count). The van der Waals surface area contributed by atoms with Gasteiger partial charge in [0.2, 0.25) is 0 Å². The van der Waals surface area contributed by atoms with Crippen molar-refractivity contribution in [3.63, 3.8) is 0 Å². The Balaban J connectivity index is 1.84. The number of aromatic amines is 1. The molecule has 0 amide bonds. The summed E-state index contributed by atoms with van der Waals surface area (Å²) < 4.78 is 16.8. The molecule has 1 aliphatic rings. The highest BCUT2D eigenvalue weighted by Gasteiger charge is 2.38. The lowest BCUT2D eigenvalue weighted by molar-refractivity contribution is -0.841. The van der Waals surface area contributed by atoms with Crippen LogP contribution in [-0.2, 0) is 59.3 Å². The van der Waals surface area contributed by atoms with Crippen molar-refractivity contribution in [1.29, 1.82) is 0 Å². The molecule has 0 bridgehead atoms. The molecule has 36 heavy (non-hydrogen) atoms. The quantitative estimate of drug-likeness (QED) is 0.0389. The Labute approximate surface area is 205 Å². The molecule has 0 aromatic carbocycles. The number of nitrogens with two attached hydrogens (primary N) is 1. The van der Waals surface area contributed by atoms with E-state index in [9.17, 15) is 9.59 Å². The van der Waals surface area contributed by atoms with Crippen molar-refractivity contribution < 1.29 is 59.3 Å². The molecule has 20 nitrogen and oxygen atoms in total. The van der Waals surface area contributed by atoms with E-state index in [1.807, 2.05) is 0 Å². The van der Waals surface area contributed by atoms with Crippen molar-refractivity contribution in [3.05, 3.63) is 43.0 Å². The van der Waals surface area contributed by atoms with Gasteiger partial charge in [0.15, 0.2) is 0 Å². The minimum absolute atomic E-state index is 0.00161. The van der Waals surface area contributed by atoms with E-state index in [2.05, 4.69) is 89.7 Å². The maximum Gasteiger partial charge on any atom is 0.330 e. The van der Waals surface area contributed by atoms with Gasteiger partial charge >= 0.3 is 5.69 Å². The van der Waals surface area contributed by atoms with Gasteiger partial charge < -0.3 is 15.2 Å². The SMILES string of the molecule is [N-]=[N+]=NCOC1CC(n2cc(C#CCN)c(=O)[nH]c2=O)OC1COOOOOOOOOOP(P)P. The van der Waals surface area contributed by atoms with Crippen LogP contribution in [0.25, 0.3) is 10.4 Å². The molecule has 0 aliphatic carbocycles. The predicted octanol–water partition coefficient (Wildman–Crippen LogP) is 0.165. The van der Waals surface area contributed by atoms with E-state index < -0.39 is 37.2 Å². The third-order valence-corrected chi connectivity index (χ3v) is 4.53. The number of nitrogens with zero attached hydrogens (tertiary/aromatic N) is 4. The van der Waals surface area contributed by atoms with Crippen LogP contribution in [0.1, 0.15) is 18.2 Å². The Bertz CT molecular complexity index is 1030. The number of rotatable bonds is 16. The van der Waals surface area contributed by atoms with E-state index >= 15 is 0 Å². The van der Waals surface area contributed by atoms with Gasteiger partial charge in [-0.1, -0.05) is 34.8 Å². The number of H-pyrrole nitrogens is 1. The predicted molar refractivity (Wildman–Crippen MR) is 117 cm³/mol. The highest BCUT2D eigenvalue weighted by molar-refractivity contribution is 8.41. The Kier molecular flexibility index (Phi) is 15.0. The van der Waals surface area contributed by atoms with Gasteiger partial charge in [-0.05, 0) is 45.8 Å². The summed E-state index contributed by atoms with van der Waals surface area (Å²) in [4.78, 5) is 33.7. The molecule has 200 valence electrons. The van der Waals surface area contributed by atoms with Gasteiger partial charge in [-0.3, -0.25) is 14.3 Å². The van der Waals surface area contributed by atoms with Crippen molar-refractivity contribution in [2.24, 2.45) is 10.8 Å². The molecule has 0 saturated carbocycles. The molecule has 1 aromatic heterocycles. The van der Waals surface area contributed by atoms with E-state index in [-0.39, 0.29) is 31.9 Å². The average molecular weight is 576 g/mol. The van der Waals surface area contributed by atoms with Crippen molar-refractivity contribution in [2.45, 2.75) is 24.9 Å². The largest absolute Gasteiger partial charge is 0.369 e. The minimum Gasteiger partial charge on any atom is -0.369 e. The van der Waals surface area contributed by atoms with Crippen LogP contribution in [0.3, 0.4) is 0 Å². The number of azide groups is 1. The fourth-order valence-corrected chi connectivity index (χ4v) is 2.82. The molecule has 3 N–H and O–H groups in total. The van der Waals surface area contributed by atoms with Gasteiger partial charge in [-0.15, -0.1) is 0 Å². The van der Waals surface area contributed by atoms with E-state index in [4.69, 9.17) is 25.6 Å². The van der Waals surface area contributed by atoms with Gasteiger partial charge in [-0.2, -0.15) is 4.67 Å². The summed E-state index contributed by atoms with van der Waals surface area (Å²) >= 11 is 0. The average Bonchev–Trinajstić information content (AvgIpc) is 3.24. The maximum absolute atomic E-state index is 12.3. The standard InChI is InChI=1S/C13H19N6O14P3/c14-3-1-2-8-5-19(13(21)17-12(8)20)11-4-9(22-7-16-18-15)10(24-11)6-23-25-26-27-28-29-30-31-32-33-36(34)35/h5,9-11H,3-4,6-7,14,34-35H2,(H,17,20,21). The number of aromatic nitrogens is 2. The molecule has 2 heterocycles. The Morgan fingerprint density at radius 2 is 1.92 bits per heavy atom. The zero-order chi connectivity index (χ0) is 26.2. The number of hydrogen-bond acceptors (Lipinski definition) is 16. The first-order valence-electron chi connectivity index (χ1n) is 9.21. The summed E-state index contributed by atoms with van der Waals surface area (Å²) in [5, 5.41) is 34.8. The topological polar surface area (TPSA) is 240 Å². The second kappa shape index (κ2) is 17.7. The highest BCUT2D eigenvalue weighted by atomic mass is 32.4. The highest BCUT2D eigenvalue weighted by Crippen LogP contribution is 2.53. The van der Waals surface area contributed by atoms with Gasteiger partial charge in [0.25, 0.3) is 5.56 Å². The monoisotopic (exact) mass is 576 g/mol. The molecule has 1 saturated heterocycles. The summed E-state index contributed by atoms with van der Waals surface area (Å²) in [6.07, 6.45) is -1.20. The van der Waals surface area contributed by atoms with Crippen molar-refractivity contribution >= 4 is 25.4 Å². The lowest BCUT2D eigenvalue weighted by Gasteiger charge is -2.16. The first-order valence-corrected chi connectivity index (χ1v) is 13.7. The van der Waals surface area contributed by atoms with Crippen molar-refractivity contribution in [3.8, 4) is 11.8 Å². The van der Waals surface area contributed by atoms with Crippen LogP contribution in [0.2, 0.25) is 0 Å². The molecule has 0 radical (unpaired) electrons. The summed E-state index contributed by atoms with van der Waals surface area (Å²) in [6.45, 7) is -0.658. The van der Waals surface area contributed by atoms with Crippen LogP contribution in [0.4, 0.5) is 0 Å². The molecule has 5 atom stereocenters. The van der Waals surface area contributed by atoms with Crippen LogP contribution >= 0.6 is 25.4 Å². The van der Waals surface area contributed by atoms with Crippen molar-refractivity contribution in [1.82, 2.24) is 9.55 Å². The number of ether oxygens (including phenoxy) is 2. The Morgan fingerprint density at radius 3 is 2.58 bits per heavy atom. The van der Waals surface area contributed by atoms with Crippen LogP contribution in [-0.4, -0.2) is 41.6 Å². The normalized spacial score (nSPS) is 19.2. The summed E-state index contributed by atoms with van der Waals surface area (Å²) in [5.74, 6) is 5.08. The number of hydrogen-bond donors (Lipinski definition) is 2. The Hall–Kier alpha value is -1.68. The first-order chi connectivity index (χ1) is 17.5. The van der Waals surface area contributed by atoms with Gasteiger partial charge in [0, 0.05) is 17.5 Å². The first kappa shape index (κ1) is 30.5. The fourth-order valence-electron chi connectivity index (χ4n) is 2.52. The molecule has 5 unspecified atom stereocenters. The molecular weight excluding hydrogens is 557 g/mol. The van der Waals surface area contributed by atoms with Crippen LogP contribution in [0.5, 0.6) is 0 Å². The molecule has 1 fully saturated rings. The van der Waals surface area contributed by atoms with Crippen molar-refractivity contribution in [2.75, 3.05) is 19.9 Å². The van der Waals surface area contributed by atoms with Crippen LogP contribution in [0.15, 0.2) is 20.9 Å². The fraction of sp³-hybridized carbons (Fsp3) is 0.538. The van der Waals surface area contributed by atoms with E-state index in [0.717, 1.165) is 4.57 Å². The summed E-state index contributed by atoms with van der Waals surface area (Å²) in [7, 11) is 3.49. The smallest absolute Gasteiger partial charge is 0.330 e. The lowest BCUT2D eigenvalue weighted by Crippen LogP contribution is -2.33. The molecule has 0 spiro atoms. The third kappa shape index (κ3) is 11.2. The zero-order valence-electron chi connectivity index (χ0n) is 17.8. The third-order valence-electron chi connectivity index (χ3n) is 3.78. The molecule has 1 aliphatic heterocycles. The van der Waals surface area contributed by atoms with Crippen LogP contribution < -0.4 is 17.0 Å². The van der Waals surface area contributed by atoms with E-state index in [1.165, 1.54) is 6.20 Å². The molecule has 1 aromatic rings. The second-order valence-electron chi connectivity index (χ2n) is 5.91. The molecular formula is C13H19N6O14P3. The minimum atomic E-state index is -1.03. The zero-order valence-corrected chi connectivity index (χ0v) is 21.0. The van der Waals surface area contributed by atoms with Gasteiger partial charge in [-0.25, -0.2) is 9.68 Å². The summed E-state index contributed by atoms with van der Waals surface area (Å²) in [5.41, 5.74) is 12.3. The lowest BCUT2D eigenvalue weighted by atomic mass is 10.2. The van der Waals surface area contributed by atoms with E-state index in [1.54, 1.807) is 0 Å². The van der Waals surface area contributed by atoms with E-state index in [0.29, 0.717) is 0 Å². The molecule has 23 heteroatoms. The maximum atomic E-state index is 12.3. The second-order valence-corrected chi connectivity index (χ2v) is 11.6. The Morgan fingerprint density at radius 1 is 1.22 bits per heavy atom. The van der Waals surface area contributed by atoms with Gasteiger partial charge in [0.1, 0.15) is 38.8 Å². The number of nitrogens with one attached hydrogen (secondary N) is 1. The van der Waals surface area contributed by atoms with Crippen LogP contribution in [0, 0.1) is 11.8 Å². The van der Waals surface area contributed by atoms with Gasteiger partial charge in [0.05, 0.1) is 12.6 Å².